The van der Waals surface area contributed by atoms with Crippen LogP contribution in [0.1, 0.15) is 38.8 Å². The Morgan fingerprint density at radius 3 is 2.78 bits per heavy atom. The molecule has 0 aliphatic heterocycles. The molecule has 0 bridgehead atoms. The van der Waals surface area contributed by atoms with Gasteiger partial charge in [0.15, 0.2) is 5.69 Å². The van der Waals surface area contributed by atoms with Gasteiger partial charge in [0.1, 0.15) is 11.9 Å². The third kappa shape index (κ3) is 2.73. The number of anilines is 2. The normalized spacial score (nSPS) is 27.5. The van der Waals surface area contributed by atoms with Crippen LogP contribution < -0.4 is 11.1 Å². The molecule has 0 amide bonds. The van der Waals surface area contributed by atoms with Crippen LogP contribution in [0.25, 0.3) is 0 Å². The smallest absolute Gasteiger partial charge is 0.165 e. The Kier molecular flexibility index (Phi) is 3.71. The average Bonchev–Trinajstić information content (AvgIpc) is 2.36. The molecule has 4 heteroatoms. The summed E-state index contributed by atoms with van der Waals surface area (Å²) in [6.07, 6.45) is 3.58. The second-order valence-electron chi connectivity index (χ2n) is 5.36. The second-order valence-corrected chi connectivity index (χ2v) is 5.36. The Morgan fingerprint density at radius 1 is 1.33 bits per heavy atom. The molecular formula is C14H20N4. The lowest BCUT2D eigenvalue weighted by molar-refractivity contribution is 0.260. The summed E-state index contributed by atoms with van der Waals surface area (Å²) in [5.41, 5.74) is 6.40. The molecule has 3 atom stereocenters. The number of hydrogen-bond donors (Lipinski definition) is 2. The van der Waals surface area contributed by atoms with Crippen LogP contribution in [0.2, 0.25) is 0 Å². The van der Waals surface area contributed by atoms with Crippen LogP contribution in [0.3, 0.4) is 0 Å². The van der Waals surface area contributed by atoms with E-state index in [1.165, 1.54) is 12.8 Å². The lowest BCUT2D eigenvalue weighted by atomic mass is 9.79. The monoisotopic (exact) mass is 244 g/mol. The summed E-state index contributed by atoms with van der Waals surface area (Å²) in [4.78, 5) is 4.23. The third-order valence-corrected chi connectivity index (χ3v) is 3.98. The molecule has 3 unspecified atom stereocenters. The van der Waals surface area contributed by atoms with Crippen molar-refractivity contribution < 1.29 is 0 Å². The molecule has 0 spiro atoms. The molecule has 3 N–H and O–H groups in total. The lowest BCUT2D eigenvalue weighted by Crippen LogP contribution is -2.30. The van der Waals surface area contributed by atoms with Crippen molar-refractivity contribution in [2.24, 2.45) is 11.8 Å². The van der Waals surface area contributed by atoms with Gasteiger partial charge in [-0.2, -0.15) is 5.26 Å². The zero-order chi connectivity index (χ0) is 13.1. The van der Waals surface area contributed by atoms with Gasteiger partial charge in [-0.3, -0.25) is 0 Å². The topological polar surface area (TPSA) is 74.7 Å². The molecule has 0 aromatic carbocycles. The molecule has 1 aliphatic rings. The zero-order valence-electron chi connectivity index (χ0n) is 11.0. The molecule has 1 aliphatic carbocycles. The van der Waals surface area contributed by atoms with E-state index in [9.17, 15) is 0 Å². The molecule has 1 aromatic heterocycles. The Morgan fingerprint density at radius 2 is 2.11 bits per heavy atom. The SMILES string of the molecule is CC1CCC(Nc2ccc(N)c(C#N)n2)CC1C. The summed E-state index contributed by atoms with van der Waals surface area (Å²) in [7, 11) is 0. The molecule has 96 valence electrons. The van der Waals surface area contributed by atoms with Crippen LogP contribution in [-0.2, 0) is 0 Å². The van der Waals surface area contributed by atoms with E-state index < -0.39 is 0 Å². The molecule has 1 fully saturated rings. The minimum absolute atomic E-state index is 0.303. The maximum Gasteiger partial charge on any atom is 0.165 e. The van der Waals surface area contributed by atoms with Gasteiger partial charge in [0, 0.05) is 6.04 Å². The fourth-order valence-corrected chi connectivity index (χ4v) is 2.53. The zero-order valence-corrected chi connectivity index (χ0v) is 11.0. The van der Waals surface area contributed by atoms with E-state index in [1.807, 2.05) is 12.1 Å². The molecule has 0 radical (unpaired) electrons. The summed E-state index contributed by atoms with van der Waals surface area (Å²) in [5, 5.41) is 12.3. The van der Waals surface area contributed by atoms with Crippen molar-refractivity contribution in [3.63, 3.8) is 0 Å². The largest absolute Gasteiger partial charge is 0.396 e. The summed E-state index contributed by atoms with van der Waals surface area (Å²) >= 11 is 0. The van der Waals surface area contributed by atoms with Crippen molar-refractivity contribution in [2.75, 3.05) is 11.1 Å². The average molecular weight is 244 g/mol. The second kappa shape index (κ2) is 5.26. The van der Waals surface area contributed by atoms with Crippen molar-refractivity contribution in [3.8, 4) is 6.07 Å². The van der Waals surface area contributed by atoms with E-state index in [0.29, 0.717) is 17.4 Å². The highest BCUT2D eigenvalue weighted by molar-refractivity contribution is 5.54. The van der Waals surface area contributed by atoms with Crippen LogP contribution in [0.5, 0.6) is 0 Å². The van der Waals surface area contributed by atoms with Crippen molar-refractivity contribution in [2.45, 2.75) is 39.2 Å². The molecular weight excluding hydrogens is 224 g/mol. The first-order valence-electron chi connectivity index (χ1n) is 6.53. The number of nitrogens with one attached hydrogen (secondary N) is 1. The molecule has 1 aromatic rings. The van der Waals surface area contributed by atoms with Crippen LogP contribution >= 0.6 is 0 Å². The first-order valence-corrected chi connectivity index (χ1v) is 6.53. The van der Waals surface area contributed by atoms with E-state index in [-0.39, 0.29) is 0 Å². The minimum Gasteiger partial charge on any atom is -0.396 e. The van der Waals surface area contributed by atoms with Crippen molar-refractivity contribution in [1.82, 2.24) is 4.98 Å². The molecule has 18 heavy (non-hydrogen) atoms. The number of pyridine rings is 1. The predicted octanol–water partition coefficient (Wildman–Crippen LogP) is 2.77. The Labute approximate surface area is 108 Å². The third-order valence-electron chi connectivity index (χ3n) is 3.98. The first-order chi connectivity index (χ1) is 8.60. The van der Waals surface area contributed by atoms with Gasteiger partial charge in [-0.25, -0.2) is 4.98 Å². The van der Waals surface area contributed by atoms with Crippen molar-refractivity contribution >= 4 is 11.5 Å². The summed E-state index contributed by atoms with van der Waals surface area (Å²) in [6, 6.07) is 6.05. The van der Waals surface area contributed by atoms with Gasteiger partial charge in [-0.05, 0) is 43.2 Å². The van der Waals surface area contributed by atoms with Gasteiger partial charge in [0.05, 0.1) is 5.69 Å². The number of nitrogen functional groups attached to an aromatic ring is 1. The van der Waals surface area contributed by atoms with E-state index in [0.717, 1.165) is 24.1 Å². The number of nitrogens with two attached hydrogens (primary N) is 1. The number of aromatic nitrogens is 1. The van der Waals surface area contributed by atoms with Crippen LogP contribution in [0.4, 0.5) is 11.5 Å². The molecule has 4 nitrogen and oxygen atoms in total. The Bertz CT molecular complexity index is 463. The fourth-order valence-electron chi connectivity index (χ4n) is 2.53. The van der Waals surface area contributed by atoms with Crippen molar-refractivity contribution in [3.05, 3.63) is 17.8 Å². The van der Waals surface area contributed by atoms with Crippen LogP contribution in [0, 0.1) is 23.2 Å². The minimum atomic E-state index is 0.303. The highest BCUT2D eigenvalue weighted by Gasteiger charge is 2.24. The quantitative estimate of drug-likeness (QED) is 0.838. The van der Waals surface area contributed by atoms with E-state index in [4.69, 9.17) is 11.0 Å². The number of rotatable bonds is 2. The Hall–Kier alpha value is -1.76. The van der Waals surface area contributed by atoms with E-state index in [2.05, 4.69) is 24.1 Å². The molecule has 1 heterocycles. The summed E-state index contributed by atoms with van der Waals surface area (Å²) in [5.74, 6) is 2.30. The first kappa shape index (κ1) is 12.7. The fraction of sp³-hybridized carbons (Fsp3) is 0.571. The highest BCUT2D eigenvalue weighted by atomic mass is 15.0. The summed E-state index contributed by atoms with van der Waals surface area (Å²) < 4.78 is 0. The highest BCUT2D eigenvalue weighted by Crippen LogP contribution is 2.30. The number of hydrogen-bond acceptors (Lipinski definition) is 4. The van der Waals surface area contributed by atoms with Gasteiger partial charge in [-0.15, -0.1) is 0 Å². The van der Waals surface area contributed by atoms with Gasteiger partial charge >= 0.3 is 0 Å². The standard InChI is InChI=1S/C14H20N4/c1-9-3-4-11(7-10(9)2)17-14-6-5-12(16)13(8-15)18-14/h5-6,9-11H,3-4,7,16H2,1-2H3,(H,17,18). The number of nitrogens with zero attached hydrogens (tertiary/aromatic N) is 2. The lowest BCUT2D eigenvalue weighted by Gasteiger charge is -2.32. The predicted molar refractivity (Wildman–Crippen MR) is 73.0 cm³/mol. The van der Waals surface area contributed by atoms with Gasteiger partial charge in [-0.1, -0.05) is 13.8 Å². The van der Waals surface area contributed by atoms with E-state index in [1.54, 1.807) is 6.07 Å². The van der Waals surface area contributed by atoms with Crippen LogP contribution in [0.15, 0.2) is 12.1 Å². The maximum atomic E-state index is 8.91. The summed E-state index contributed by atoms with van der Waals surface area (Å²) in [6.45, 7) is 4.62. The van der Waals surface area contributed by atoms with Crippen LogP contribution in [-0.4, -0.2) is 11.0 Å². The maximum absolute atomic E-state index is 8.91. The molecule has 1 saturated carbocycles. The molecule has 2 rings (SSSR count). The van der Waals surface area contributed by atoms with Crippen molar-refractivity contribution in [1.29, 1.82) is 5.26 Å². The van der Waals surface area contributed by atoms with Gasteiger partial charge in [0.25, 0.3) is 0 Å². The van der Waals surface area contributed by atoms with Gasteiger partial charge < -0.3 is 11.1 Å². The van der Waals surface area contributed by atoms with Gasteiger partial charge in [0.2, 0.25) is 0 Å². The van der Waals surface area contributed by atoms with E-state index >= 15 is 0 Å². The molecule has 0 saturated heterocycles. The Balaban J connectivity index is 2.04. The number of nitriles is 1.